The normalized spacial score (nSPS) is 13.5. The number of nitrogens with one attached hydrogen (secondary N) is 1. The van der Waals surface area contributed by atoms with Crippen molar-refractivity contribution in [3.8, 4) is 17.2 Å². The molecule has 1 N–H and O–H groups in total. The Labute approximate surface area is 200 Å². The number of para-hydroxylation sites is 2. The molecule has 3 aromatic carbocycles. The smallest absolute Gasteiger partial charge is 0.266 e. The van der Waals surface area contributed by atoms with Gasteiger partial charge in [-0.3, -0.25) is 14.2 Å². The topological polar surface area (TPSA) is 82.5 Å². The minimum absolute atomic E-state index is 0.165. The maximum Gasteiger partial charge on any atom is 0.266 e. The Morgan fingerprint density at radius 3 is 2.59 bits per heavy atom. The molecule has 0 radical (unpaired) electrons. The summed E-state index contributed by atoms with van der Waals surface area (Å²) < 4.78 is 12.7. The summed E-state index contributed by atoms with van der Waals surface area (Å²) in [4.78, 5) is 31.2. The molecule has 1 amide bonds. The first kappa shape index (κ1) is 22.0. The van der Waals surface area contributed by atoms with Crippen LogP contribution in [0.5, 0.6) is 11.5 Å². The Balaban J connectivity index is 1.47. The number of amides is 1. The van der Waals surface area contributed by atoms with Crippen LogP contribution in [0.2, 0.25) is 0 Å². The van der Waals surface area contributed by atoms with Gasteiger partial charge in [0.15, 0.2) is 16.7 Å². The third-order valence-corrected chi connectivity index (χ3v) is 6.61. The van der Waals surface area contributed by atoms with Crippen molar-refractivity contribution in [3.05, 3.63) is 82.6 Å². The van der Waals surface area contributed by atoms with Crippen molar-refractivity contribution in [2.75, 3.05) is 18.5 Å². The second-order valence-corrected chi connectivity index (χ2v) is 9.25. The van der Waals surface area contributed by atoms with E-state index in [0.717, 1.165) is 11.3 Å². The summed E-state index contributed by atoms with van der Waals surface area (Å²) in [6.45, 7) is 4.72. The third kappa shape index (κ3) is 4.24. The molecule has 1 aliphatic rings. The molecule has 4 aromatic rings. The van der Waals surface area contributed by atoms with Gasteiger partial charge in [0.1, 0.15) is 13.2 Å². The van der Waals surface area contributed by atoms with Gasteiger partial charge in [0.2, 0.25) is 5.91 Å². The van der Waals surface area contributed by atoms with E-state index in [-0.39, 0.29) is 11.5 Å². The van der Waals surface area contributed by atoms with Gasteiger partial charge in [0, 0.05) is 11.8 Å². The first-order chi connectivity index (χ1) is 16.5. The van der Waals surface area contributed by atoms with Gasteiger partial charge in [-0.15, -0.1) is 0 Å². The van der Waals surface area contributed by atoms with E-state index in [4.69, 9.17) is 14.5 Å². The number of hydrogen-bond acceptors (Lipinski definition) is 6. The number of hydrogen-bond donors (Lipinski definition) is 1. The van der Waals surface area contributed by atoms with E-state index >= 15 is 0 Å². The van der Waals surface area contributed by atoms with Crippen LogP contribution in [0, 0.1) is 6.92 Å². The molecule has 1 atom stereocenters. The van der Waals surface area contributed by atoms with Gasteiger partial charge in [-0.1, -0.05) is 42.1 Å². The highest BCUT2D eigenvalue weighted by Crippen LogP contribution is 2.33. The van der Waals surface area contributed by atoms with Crippen LogP contribution in [-0.2, 0) is 4.79 Å². The molecule has 0 fully saturated rings. The first-order valence-electron chi connectivity index (χ1n) is 11.0. The second-order valence-electron chi connectivity index (χ2n) is 7.95. The van der Waals surface area contributed by atoms with Crippen LogP contribution in [0.15, 0.2) is 76.7 Å². The van der Waals surface area contributed by atoms with Gasteiger partial charge < -0.3 is 14.8 Å². The lowest BCUT2D eigenvalue weighted by molar-refractivity contribution is -0.115. The van der Waals surface area contributed by atoms with Crippen LogP contribution in [0.4, 0.5) is 5.69 Å². The Hall–Kier alpha value is -3.78. The first-order valence-corrected chi connectivity index (χ1v) is 11.8. The van der Waals surface area contributed by atoms with Crippen LogP contribution in [0.1, 0.15) is 12.5 Å². The Morgan fingerprint density at radius 2 is 1.76 bits per heavy atom. The number of nitrogens with zero attached hydrogens (tertiary/aromatic N) is 2. The highest BCUT2D eigenvalue weighted by molar-refractivity contribution is 8.00. The standard InChI is InChI=1S/C26H23N3O4S/c1-16-7-3-6-10-21(16)29-25(31)19-8-4-5-9-20(19)28-26(29)34-17(2)24(30)27-18-11-12-22-23(15-18)33-14-13-32-22/h3-12,15,17H,13-14H2,1-2H3,(H,27,30)/t17-/m0/s1. The molecule has 8 heteroatoms. The van der Waals surface area contributed by atoms with Gasteiger partial charge in [0.05, 0.1) is 21.8 Å². The summed E-state index contributed by atoms with van der Waals surface area (Å²) in [5, 5.41) is 3.40. The van der Waals surface area contributed by atoms with E-state index in [1.165, 1.54) is 11.8 Å². The Morgan fingerprint density at radius 1 is 1.03 bits per heavy atom. The SMILES string of the molecule is Cc1ccccc1-n1c(S[C@@H](C)C(=O)Nc2ccc3c(c2)OCCO3)nc2ccccc2c1=O. The summed E-state index contributed by atoms with van der Waals surface area (Å²) in [6, 6.07) is 20.2. The number of thioether (sulfide) groups is 1. The number of carbonyl (C=O) groups is 1. The average Bonchev–Trinajstić information content (AvgIpc) is 2.85. The number of anilines is 1. The summed E-state index contributed by atoms with van der Waals surface area (Å²) in [6.07, 6.45) is 0. The van der Waals surface area contributed by atoms with Crippen molar-refractivity contribution < 1.29 is 14.3 Å². The maximum absolute atomic E-state index is 13.5. The molecule has 5 rings (SSSR count). The van der Waals surface area contributed by atoms with Crippen LogP contribution in [0.25, 0.3) is 16.6 Å². The van der Waals surface area contributed by atoms with Crippen LogP contribution < -0.4 is 20.3 Å². The van der Waals surface area contributed by atoms with Crippen LogP contribution in [0.3, 0.4) is 0 Å². The minimum atomic E-state index is -0.517. The quantitative estimate of drug-likeness (QED) is 0.337. The Bertz CT molecular complexity index is 1450. The summed E-state index contributed by atoms with van der Waals surface area (Å²) in [5.41, 5.74) is 2.73. The molecule has 34 heavy (non-hydrogen) atoms. The number of rotatable bonds is 5. The van der Waals surface area contributed by atoms with Crippen molar-refractivity contribution in [1.82, 2.24) is 9.55 Å². The van der Waals surface area contributed by atoms with Crippen molar-refractivity contribution in [3.63, 3.8) is 0 Å². The van der Waals surface area contributed by atoms with E-state index in [0.29, 0.717) is 46.5 Å². The summed E-state index contributed by atoms with van der Waals surface area (Å²) in [5.74, 6) is 1.06. The lowest BCUT2D eigenvalue weighted by Gasteiger charge is -2.20. The number of aromatic nitrogens is 2. The molecule has 172 valence electrons. The van der Waals surface area contributed by atoms with Crippen LogP contribution >= 0.6 is 11.8 Å². The van der Waals surface area contributed by atoms with E-state index in [9.17, 15) is 9.59 Å². The number of fused-ring (bicyclic) bond motifs is 2. The number of carbonyl (C=O) groups excluding carboxylic acids is 1. The molecule has 0 saturated carbocycles. The number of aryl methyl sites for hydroxylation is 1. The van der Waals surface area contributed by atoms with E-state index < -0.39 is 5.25 Å². The van der Waals surface area contributed by atoms with E-state index in [2.05, 4.69) is 5.32 Å². The molecule has 0 aliphatic carbocycles. The Kier molecular flexibility index (Phi) is 5.98. The fourth-order valence-corrected chi connectivity index (χ4v) is 4.71. The molecular weight excluding hydrogens is 450 g/mol. The number of benzene rings is 3. The fraction of sp³-hybridized carbons (Fsp3) is 0.192. The monoisotopic (exact) mass is 473 g/mol. The third-order valence-electron chi connectivity index (χ3n) is 5.56. The predicted molar refractivity (Wildman–Crippen MR) is 133 cm³/mol. The van der Waals surface area contributed by atoms with Crippen molar-refractivity contribution in [1.29, 1.82) is 0 Å². The number of ether oxygens (including phenoxy) is 2. The molecule has 1 aromatic heterocycles. The second kappa shape index (κ2) is 9.23. The van der Waals surface area contributed by atoms with Gasteiger partial charge in [-0.25, -0.2) is 4.98 Å². The summed E-state index contributed by atoms with van der Waals surface area (Å²) >= 11 is 1.24. The highest BCUT2D eigenvalue weighted by Gasteiger charge is 2.22. The van der Waals surface area contributed by atoms with Crippen molar-refractivity contribution >= 4 is 34.3 Å². The lowest BCUT2D eigenvalue weighted by Crippen LogP contribution is -2.26. The van der Waals surface area contributed by atoms with E-state index in [1.807, 2.05) is 49.4 Å². The molecule has 0 spiro atoms. The van der Waals surface area contributed by atoms with Gasteiger partial charge in [0.25, 0.3) is 5.56 Å². The zero-order chi connectivity index (χ0) is 23.7. The molecule has 0 saturated heterocycles. The molecule has 1 aliphatic heterocycles. The average molecular weight is 474 g/mol. The zero-order valence-electron chi connectivity index (χ0n) is 18.8. The minimum Gasteiger partial charge on any atom is -0.486 e. The van der Waals surface area contributed by atoms with Gasteiger partial charge in [-0.2, -0.15) is 0 Å². The molecule has 2 heterocycles. The lowest BCUT2D eigenvalue weighted by atomic mass is 10.2. The molecule has 0 unspecified atom stereocenters. The largest absolute Gasteiger partial charge is 0.486 e. The highest BCUT2D eigenvalue weighted by atomic mass is 32.2. The predicted octanol–water partition coefficient (Wildman–Crippen LogP) is 4.58. The van der Waals surface area contributed by atoms with Gasteiger partial charge in [-0.05, 0) is 49.7 Å². The molecule has 0 bridgehead atoms. The van der Waals surface area contributed by atoms with Crippen molar-refractivity contribution in [2.45, 2.75) is 24.3 Å². The fourth-order valence-electron chi connectivity index (χ4n) is 3.79. The zero-order valence-corrected chi connectivity index (χ0v) is 19.6. The summed E-state index contributed by atoms with van der Waals surface area (Å²) in [7, 11) is 0. The van der Waals surface area contributed by atoms with Crippen LogP contribution in [-0.4, -0.2) is 33.9 Å². The van der Waals surface area contributed by atoms with Crippen molar-refractivity contribution in [2.24, 2.45) is 0 Å². The molecular formula is C26H23N3O4S. The molecule has 7 nitrogen and oxygen atoms in total. The van der Waals surface area contributed by atoms with Gasteiger partial charge >= 0.3 is 0 Å². The van der Waals surface area contributed by atoms with E-state index in [1.54, 1.807) is 35.8 Å². The maximum atomic E-state index is 13.5.